The third kappa shape index (κ3) is 2.01. The molecular formula is C11H16NO+. The Morgan fingerprint density at radius 1 is 1.08 bits per heavy atom. The highest BCUT2D eigenvalue weighted by molar-refractivity contribution is 5.28. The second-order valence-electron chi connectivity index (χ2n) is 3.65. The molecule has 2 rings (SSSR count). The molecule has 0 bridgehead atoms. The fraction of sp³-hybridized carbons (Fsp3) is 0.455. The van der Waals surface area contributed by atoms with Crippen LogP contribution in [-0.4, -0.2) is 18.2 Å². The van der Waals surface area contributed by atoms with Gasteiger partial charge in [0.05, 0.1) is 0 Å². The molecule has 3 N–H and O–H groups in total. The number of hydrogen-bond acceptors (Lipinski definition) is 1. The average Bonchev–Trinajstić information content (AvgIpc) is 2.20. The first-order chi connectivity index (χ1) is 6.36. The molecule has 70 valence electrons. The fourth-order valence-electron chi connectivity index (χ4n) is 1.91. The van der Waals surface area contributed by atoms with Crippen molar-refractivity contribution >= 4 is 0 Å². The number of hydrogen-bond donors (Lipinski definition) is 1. The molecule has 1 heterocycles. The molecule has 1 aliphatic rings. The molecule has 1 saturated heterocycles. The van der Waals surface area contributed by atoms with Crippen molar-refractivity contribution in [2.45, 2.75) is 18.8 Å². The minimum absolute atomic E-state index is 0.609. The molecule has 0 amide bonds. The van der Waals surface area contributed by atoms with Crippen molar-refractivity contribution in [2.24, 2.45) is 0 Å². The zero-order chi connectivity index (χ0) is 9.10. The van der Waals surface area contributed by atoms with Gasteiger partial charge in [-0.15, -0.1) is 0 Å². The first-order valence-corrected chi connectivity index (χ1v) is 4.88. The van der Waals surface area contributed by atoms with E-state index in [0.29, 0.717) is 11.7 Å². The third-order valence-electron chi connectivity index (χ3n) is 2.72. The van der Waals surface area contributed by atoms with Crippen molar-refractivity contribution in [3.63, 3.8) is 0 Å². The van der Waals surface area contributed by atoms with Gasteiger partial charge < -0.3 is 10.4 Å². The summed E-state index contributed by atoms with van der Waals surface area (Å²) in [5, 5.41) is 10.8. The SMILES string of the molecule is [OH2+]c1ccc(C2CCNCC2)cc1. The van der Waals surface area contributed by atoms with Crippen LogP contribution in [0.4, 0.5) is 0 Å². The van der Waals surface area contributed by atoms with E-state index in [9.17, 15) is 0 Å². The van der Waals surface area contributed by atoms with Crippen LogP contribution in [0.5, 0.6) is 5.75 Å². The van der Waals surface area contributed by atoms with Crippen LogP contribution in [0.25, 0.3) is 0 Å². The summed E-state index contributed by atoms with van der Waals surface area (Å²) in [5.41, 5.74) is 1.40. The van der Waals surface area contributed by atoms with Crippen LogP contribution in [0.3, 0.4) is 0 Å². The summed E-state index contributed by atoms with van der Waals surface area (Å²) < 4.78 is 0. The van der Waals surface area contributed by atoms with Crippen LogP contribution < -0.4 is 5.32 Å². The lowest BCUT2D eigenvalue weighted by molar-refractivity contribution is 0.457. The lowest BCUT2D eigenvalue weighted by Gasteiger charge is -2.22. The average molecular weight is 178 g/mol. The van der Waals surface area contributed by atoms with Crippen LogP contribution in [0.1, 0.15) is 24.3 Å². The highest BCUT2D eigenvalue weighted by atomic mass is 16.3. The standard InChI is InChI=1S/C11H15NO/c13-11-3-1-9(2-4-11)10-5-7-12-8-6-10/h1-4,10,12-13H,5-8H2/p+1. The number of nitrogens with one attached hydrogen (secondary N) is 1. The summed E-state index contributed by atoms with van der Waals surface area (Å²) in [6.07, 6.45) is 2.47. The van der Waals surface area contributed by atoms with E-state index in [1.165, 1.54) is 18.4 Å². The molecule has 0 aliphatic carbocycles. The molecule has 1 aromatic carbocycles. The largest absolute Gasteiger partial charge is 0.593 e. The summed E-state index contributed by atoms with van der Waals surface area (Å²) in [6, 6.07) is 7.96. The summed E-state index contributed by atoms with van der Waals surface area (Å²) >= 11 is 0. The predicted molar refractivity (Wildman–Crippen MR) is 54.3 cm³/mol. The maximum atomic E-state index is 7.39. The van der Waals surface area contributed by atoms with Crippen molar-refractivity contribution in [1.29, 1.82) is 0 Å². The van der Waals surface area contributed by atoms with Gasteiger partial charge in [-0.2, -0.15) is 0 Å². The van der Waals surface area contributed by atoms with E-state index >= 15 is 0 Å². The molecule has 0 spiro atoms. The molecule has 0 unspecified atom stereocenters. The van der Waals surface area contributed by atoms with Gasteiger partial charge in [-0.1, -0.05) is 0 Å². The lowest BCUT2D eigenvalue weighted by Crippen LogP contribution is -2.26. The van der Waals surface area contributed by atoms with Crippen LogP contribution in [0.2, 0.25) is 0 Å². The number of rotatable bonds is 1. The van der Waals surface area contributed by atoms with Crippen LogP contribution in [0.15, 0.2) is 24.3 Å². The topological polar surface area (TPSA) is 34.9 Å². The molecule has 0 radical (unpaired) electrons. The second kappa shape index (κ2) is 3.79. The second-order valence-corrected chi connectivity index (χ2v) is 3.65. The minimum Gasteiger partial charge on any atom is -0.593 e. The van der Waals surface area contributed by atoms with E-state index in [1.54, 1.807) is 0 Å². The molecule has 0 aromatic heterocycles. The van der Waals surface area contributed by atoms with Gasteiger partial charge >= 0.3 is 0 Å². The molecule has 1 fully saturated rings. The molecule has 1 aliphatic heterocycles. The van der Waals surface area contributed by atoms with Crippen LogP contribution in [-0.2, 0) is 0 Å². The Morgan fingerprint density at radius 3 is 2.31 bits per heavy atom. The molecule has 1 aromatic rings. The quantitative estimate of drug-likeness (QED) is 0.651. The highest BCUT2D eigenvalue weighted by Crippen LogP contribution is 2.26. The van der Waals surface area contributed by atoms with Crippen molar-refractivity contribution in [3.05, 3.63) is 29.8 Å². The van der Waals surface area contributed by atoms with Gasteiger partial charge in [0.25, 0.3) is 5.75 Å². The fourth-order valence-corrected chi connectivity index (χ4v) is 1.91. The molecular weight excluding hydrogens is 162 g/mol. The van der Waals surface area contributed by atoms with E-state index < -0.39 is 0 Å². The van der Waals surface area contributed by atoms with E-state index in [-0.39, 0.29) is 0 Å². The normalized spacial score (nSPS) is 18.8. The first-order valence-electron chi connectivity index (χ1n) is 4.88. The Kier molecular flexibility index (Phi) is 2.50. The van der Waals surface area contributed by atoms with Crippen molar-refractivity contribution in [2.75, 3.05) is 13.1 Å². The smallest absolute Gasteiger partial charge is 0.253 e. The Morgan fingerprint density at radius 2 is 1.69 bits per heavy atom. The number of piperidine rings is 1. The predicted octanol–water partition coefficient (Wildman–Crippen LogP) is 1.59. The Labute approximate surface area is 78.6 Å². The minimum atomic E-state index is 0.609. The molecule has 2 heteroatoms. The molecule has 13 heavy (non-hydrogen) atoms. The highest BCUT2D eigenvalue weighted by Gasteiger charge is 2.14. The van der Waals surface area contributed by atoms with E-state index in [4.69, 9.17) is 5.11 Å². The Balaban J connectivity index is 2.10. The maximum Gasteiger partial charge on any atom is 0.253 e. The zero-order valence-corrected chi connectivity index (χ0v) is 7.72. The Bertz CT molecular complexity index is 262. The van der Waals surface area contributed by atoms with Gasteiger partial charge in [0.2, 0.25) is 0 Å². The monoisotopic (exact) mass is 178 g/mol. The van der Waals surface area contributed by atoms with Crippen LogP contribution >= 0.6 is 0 Å². The summed E-state index contributed by atoms with van der Waals surface area (Å²) in [6.45, 7) is 2.26. The van der Waals surface area contributed by atoms with Crippen molar-refractivity contribution in [3.8, 4) is 5.75 Å². The van der Waals surface area contributed by atoms with Gasteiger partial charge in [0.1, 0.15) is 0 Å². The summed E-state index contributed by atoms with van der Waals surface area (Å²) in [7, 11) is 0. The van der Waals surface area contributed by atoms with Crippen LogP contribution in [0, 0.1) is 0 Å². The van der Waals surface area contributed by atoms with Crippen molar-refractivity contribution < 1.29 is 5.11 Å². The molecule has 0 atom stereocenters. The van der Waals surface area contributed by atoms with Gasteiger partial charge in [0.15, 0.2) is 0 Å². The van der Waals surface area contributed by atoms with Gasteiger partial charge in [-0.3, -0.25) is 0 Å². The summed E-state index contributed by atoms with van der Waals surface area (Å²) in [5.74, 6) is 1.32. The lowest BCUT2D eigenvalue weighted by atomic mass is 9.90. The van der Waals surface area contributed by atoms with E-state index in [0.717, 1.165) is 13.1 Å². The summed E-state index contributed by atoms with van der Waals surface area (Å²) in [4.78, 5) is 0. The third-order valence-corrected chi connectivity index (χ3v) is 2.72. The molecule has 0 saturated carbocycles. The van der Waals surface area contributed by atoms with Gasteiger partial charge in [-0.05, 0) is 49.5 Å². The van der Waals surface area contributed by atoms with Gasteiger partial charge in [-0.25, -0.2) is 0 Å². The first kappa shape index (κ1) is 8.57. The van der Waals surface area contributed by atoms with Gasteiger partial charge in [0, 0.05) is 12.1 Å². The van der Waals surface area contributed by atoms with E-state index in [1.807, 2.05) is 12.1 Å². The molecule has 2 nitrogen and oxygen atoms in total. The number of benzene rings is 1. The van der Waals surface area contributed by atoms with E-state index in [2.05, 4.69) is 17.4 Å². The Hall–Kier alpha value is -1.02. The zero-order valence-electron chi connectivity index (χ0n) is 7.72. The van der Waals surface area contributed by atoms with Crippen molar-refractivity contribution in [1.82, 2.24) is 5.32 Å². The maximum absolute atomic E-state index is 7.39.